The molecule has 1 aliphatic heterocycles. The van der Waals surface area contributed by atoms with Crippen LogP contribution in [0.15, 0.2) is 18.2 Å². The van der Waals surface area contributed by atoms with Crippen molar-refractivity contribution in [2.24, 2.45) is 17.1 Å². The molecule has 0 saturated heterocycles. The summed E-state index contributed by atoms with van der Waals surface area (Å²) in [7, 11) is 0. The molecule has 7 heteroatoms. The van der Waals surface area contributed by atoms with E-state index < -0.39 is 5.91 Å². The van der Waals surface area contributed by atoms with E-state index in [2.05, 4.69) is 26.1 Å². The molecule has 0 saturated carbocycles. The first-order valence-electron chi connectivity index (χ1n) is 9.95. The minimum absolute atomic E-state index is 0.152. The van der Waals surface area contributed by atoms with Gasteiger partial charge in [-0.1, -0.05) is 27.2 Å². The first-order valence-corrected chi connectivity index (χ1v) is 10.8. The molecule has 0 unspecified atom stereocenters. The summed E-state index contributed by atoms with van der Waals surface area (Å²) < 4.78 is 10.6. The minimum Gasteiger partial charge on any atom is -0.454 e. The third kappa shape index (κ3) is 3.59. The van der Waals surface area contributed by atoms with E-state index in [0.29, 0.717) is 33.5 Å². The SMILES string of the molecule is CCC(C)(C)[C@@H]1CCc2c(sc(NC(=O)c3ccc4c(c3)OCO4)c2C(N)=O)C1. The van der Waals surface area contributed by atoms with Crippen molar-refractivity contribution in [3.8, 4) is 11.5 Å². The van der Waals surface area contributed by atoms with Crippen molar-refractivity contribution in [2.75, 3.05) is 12.1 Å². The Hall–Kier alpha value is -2.54. The zero-order valence-electron chi connectivity index (χ0n) is 17.0. The standard InChI is InChI=1S/C22H26N2O4S/c1-4-22(2,3)13-6-7-14-17(10-13)29-21(18(14)19(23)25)24-20(26)12-5-8-15-16(9-12)28-11-27-15/h5,8-9,13H,4,6-7,10-11H2,1-3H3,(H2,23,25)(H,24,26)/t13-/m1/s1. The zero-order valence-corrected chi connectivity index (χ0v) is 17.8. The van der Waals surface area contributed by atoms with E-state index in [-0.39, 0.29) is 18.1 Å². The van der Waals surface area contributed by atoms with Crippen molar-refractivity contribution in [2.45, 2.75) is 46.5 Å². The maximum atomic E-state index is 12.8. The number of anilines is 1. The van der Waals surface area contributed by atoms with Crippen LogP contribution in [0, 0.1) is 11.3 Å². The summed E-state index contributed by atoms with van der Waals surface area (Å²) in [4.78, 5) is 26.2. The lowest BCUT2D eigenvalue weighted by Crippen LogP contribution is -2.29. The first kappa shape index (κ1) is 19.8. The predicted molar refractivity (Wildman–Crippen MR) is 113 cm³/mol. The third-order valence-electron chi connectivity index (χ3n) is 6.39. The molecule has 1 atom stereocenters. The fraction of sp³-hybridized carbons (Fsp3) is 0.455. The molecule has 154 valence electrons. The summed E-state index contributed by atoms with van der Waals surface area (Å²) in [5.41, 5.74) is 7.85. The highest BCUT2D eigenvalue weighted by Gasteiger charge is 2.35. The molecule has 1 aromatic carbocycles. The molecule has 1 aliphatic carbocycles. The van der Waals surface area contributed by atoms with E-state index in [1.807, 2.05) is 0 Å². The van der Waals surface area contributed by atoms with E-state index in [1.165, 1.54) is 11.3 Å². The fourth-order valence-corrected chi connectivity index (χ4v) is 5.43. The quantitative estimate of drug-likeness (QED) is 0.760. The lowest BCUT2D eigenvalue weighted by atomic mass is 9.69. The smallest absolute Gasteiger partial charge is 0.256 e. The van der Waals surface area contributed by atoms with E-state index in [4.69, 9.17) is 15.2 Å². The molecule has 0 bridgehead atoms. The van der Waals surface area contributed by atoms with E-state index in [9.17, 15) is 9.59 Å². The van der Waals surface area contributed by atoms with Gasteiger partial charge in [0, 0.05) is 10.4 Å². The largest absolute Gasteiger partial charge is 0.454 e. The number of nitrogens with two attached hydrogens (primary N) is 1. The van der Waals surface area contributed by atoms with Crippen molar-refractivity contribution in [1.82, 2.24) is 0 Å². The van der Waals surface area contributed by atoms with Crippen LogP contribution in [0.25, 0.3) is 0 Å². The van der Waals surface area contributed by atoms with Gasteiger partial charge in [-0.05, 0) is 54.4 Å². The van der Waals surface area contributed by atoms with Gasteiger partial charge < -0.3 is 20.5 Å². The topological polar surface area (TPSA) is 90.7 Å². The highest BCUT2D eigenvalue weighted by atomic mass is 32.1. The normalized spacial score (nSPS) is 17.7. The summed E-state index contributed by atoms with van der Waals surface area (Å²) in [5, 5.41) is 3.45. The van der Waals surface area contributed by atoms with E-state index >= 15 is 0 Å². The second kappa shape index (κ2) is 7.37. The highest BCUT2D eigenvalue weighted by molar-refractivity contribution is 7.17. The molecule has 1 aromatic heterocycles. The van der Waals surface area contributed by atoms with E-state index in [0.717, 1.165) is 36.1 Å². The molecule has 0 spiro atoms. The maximum Gasteiger partial charge on any atom is 0.256 e. The number of rotatable bonds is 5. The van der Waals surface area contributed by atoms with E-state index in [1.54, 1.807) is 18.2 Å². The Morgan fingerprint density at radius 3 is 2.76 bits per heavy atom. The Kier molecular flexibility index (Phi) is 5.02. The monoisotopic (exact) mass is 414 g/mol. The fourth-order valence-electron chi connectivity index (χ4n) is 4.10. The van der Waals surface area contributed by atoms with Crippen molar-refractivity contribution in [3.05, 3.63) is 39.8 Å². The van der Waals surface area contributed by atoms with Gasteiger partial charge in [-0.3, -0.25) is 9.59 Å². The molecule has 29 heavy (non-hydrogen) atoms. The number of carbonyl (C=O) groups is 2. The molecule has 2 aromatic rings. The molecule has 4 rings (SSSR count). The van der Waals surface area contributed by atoms with Crippen LogP contribution in [0.4, 0.5) is 5.00 Å². The van der Waals surface area contributed by atoms with Gasteiger partial charge >= 0.3 is 0 Å². The van der Waals surface area contributed by atoms with Crippen molar-refractivity contribution in [3.63, 3.8) is 0 Å². The Bertz CT molecular complexity index is 979. The molecule has 2 amide bonds. The molecule has 2 aliphatic rings. The summed E-state index contributed by atoms with van der Waals surface area (Å²) >= 11 is 1.48. The third-order valence-corrected chi connectivity index (χ3v) is 7.56. The lowest BCUT2D eigenvalue weighted by molar-refractivity contribution is 0.0999. The highest BCUT2D eigenvalue weighted by Crippen LogP contribution is 2.45. The molecular weight excluding hydrogens is 388 g/mol. The summed E-state index contributed by atoms with van der Waals surface area (Å²) in [5.74, 6) is 0.932. The number of thiophene rings is 1. The maximum absolute atomic E-state index is 12.8. The van der Waals surface area contributed by atoms with Gasteiger partial charge in [0.15, 0.2) is 11.5 Å². The van der Waals surface area contributed by atoms with Gasteiger partial charge in [0.05, 0.1) is 5.56 Å². The van der Waals surface area contributed by atoms with Crippen molar-refractivity contribution in [1.29, 1.82) is 0 Å². The number of primary amides is 1. The molecule has 0 fully saturated rings. The van der Waals surface area contributed by atoms with Crippen molar-refractivity contribution >= 4 is 28.2 Å². The number of nitrogens with one attached hydrogen (secondary N) is 1. The van der Waals surface area contributed by atoms with Crippen LogP contribution in [0.1, 0.15) is 64.8 Å². The summed E-state index contributed by atoms with van der Waals surface area (Å²) in [6.45, 7) is 6.97. The van der Waals surface area contributed by atoms with Gasteiger partial charge in [-0.25, -0.2) is 0 Å². The number of amides is 2. The molecule has 6 nitrogen and oxygen atoms in total. The Labute approximate surface area is 174 Å². The van der Waals surface area contributed by atoms with Gasteiger partial charge in [0.25, 0.3) is 11.8 Å². The Morgan fingerprint density at radius 2 is 2.03 bits per heavy atom. The van der Waals surface area contributed by atoms with Crippen LogP contribution in [0.2, 0.25) is 0 Å². The number of fused-ring (bicyclic) bond motifs is 2. The number of hydrogen-bond acceptors (Lipinski definition) is 5. The zero-order chi connectivity index (χ0) is 20.8. The van der Waals surface area contributed by atoms with Gasteiger partial charge in [-0.2, -0.15) is 0 Å². The molecule has 2 heterocycles. The van der Waals surface area contributed by atoms with Crippen LogP contribution in [-0.2, 0) is 12.8 Å². The molecular formula is C22H26N2O4S. The summed E-state index contributed by atoms with van der Waals surface area (Å²) in [6, 6.07) is 5.04. The average Bonchev–Trinajstić information content (AvgIpc) is 3.30. The van der Waals surface area contributed by atoms with Crippen molar-refractivity contribution < 1.29 is 19.1 Å². The molecule has 0 radical (unpaired) electrons. The predicted octanol–water partition coefficient (Wildman–Crippen LogP) is 4.37. The Morgan fingerprint density at radius 1 is 1.28 bits per heavy atom. The number of carbonyl (C=O) groups excluding carboxylic acids is 2. The number of hydrogen-bond donors (Lipinski definition) is 2. The second-order valence-corrected chi connectivity index (χ2v) is 9.48. The van der Waals surface area contributed by atoms with Crippen LogP contribution >= 0.6 is 11.3 Å². The second-order valence-electron chi connectivity index (χ2n) is 8.38. The van der Waals surface area contributed by atoms with Gasteiger partial charge in [0.1, 0.15) is 5.00 Å². The van der Waals surface area contributed by atoms with Crippen LogP contribution in [-0.4, -0.2) is 18.6 Å². The Balaban J connectivity index is 1.61. The van der Waals surface area contributed by atoms with Gasteiger partial charge in [0.2, 0.25) is 6.79 Å². The van der Waals surface area contributed by atoms with Crippen LogP contribution in [0.5, 0.6) is 11.5 Å². The summed E-state index contributed by atoms with van der Waals surface area (Å²) in [6.07, 6.45) is 3.87. The van der Waals surface area contributed by atoms with Gasteiger partial charge in [-0.15, -0.1) is 11.3 Å². The molecule has 3 N–H and O–H groups in total. The van der Waals surface area contributed by atoms with Crippen LogP contribution < -0.4 is 20.5 Å². The van der Waals surface area contributed by atoms with Crippen LogP contribution in [0.3, 0.4) is 0 Å². The lowest BCUT2D eigenvalue weighted by Gasteiger charge is -2.36. The number of ether oxygens (including phenoxy) is 2. The number of benzene rings is 1. The first-order chi connectivity index (χ1) is 13.8. The average molecular weight is 415 g/mol. The minimum atomic E-state index is -0.489.